The number of benzene rings is 1. The summed E-state index contributed by atoms with van der Waals surface area (Å²) in [5.41, 5.74) is 1.30. The van der Waals surface area contributed by atoms with Crippen LogP contribution in [-0.4, -0.2) is 60.4 Å². The molecule has 2 aliphatic heterocycles. The van der Waals surface area contributed by atoms with E-state index in [-0.39, 0.29) is 11.9 Å². The average molecular weight is 332 g/mol. The minimum Gasteiger partial charge on any atom is -0.392 e. The second-order valence-corrected chi connectivity index (χ2v) is 6.83. The number of ether oxygens (including phenoxy) is 1. The van der Waals surface area contributed by atoms with Crippen LogP contribution in [0.25, 0.3) is 0 Å². The van der Waals surface area contributed by atoms with E-state index >= 15 is 0 Å². The molecule has 24 heavy (non-hydrogen) atoms. The summed E-state index contributed by atoms with van der Waals surface area (Å²) in [5.74, 6) is 0.0612. The first kappa shape index (κ1) is 17.4. The van der Waals surface area contributed by atoms with Gasteiger partial charge in [-0.3, -0.25) is 9.69 Å². The minimum atomic E-state index is -0.395. The van der Waals surface area contributed by atoms with Crippen molar-refractivity contribution in [3.8, 4) is 0 Å². The molecule has 5 heteroatoms. The van der Waals surface area contributed by atoms with E-state index in [0.717, 1.165) is 38.9 Å². The van der Waals surface area contributed by atoms with Crippen LogP contribution in [0.2, 0.25) is 0 Å². The Balaban J connectivity index is 1.45. The van der Waals surface area contributed by atoms with Gasteiger partial charge in [-0.25, -0.2) is 0 Å². The van der Waals surface area contributed by atoms with Crippen LogP contribution in [0.1, 0.15) is 31.2 Å². The quantitative estimate of drug-likeness (QED) is 0.772. The minimum absolute atomic E-state index is 0.0612. The Morgan fingerprint density at radius 1 is 1.25 bits per heavy atom. The lowest BCUT2D eigenvalue weighted by Gasteiger charge is -2.34. The number of amides is 1. The third-order valence-corrected chi connectivity index (χ3v) is 5.06. The molecule has 3 rings (SSSR count). The number of nitrogens with one attached hydrogen (secondary N) is 1. The zero-order chi connectivity index (χ0) is 16.8. The molecule has 1 aromatic rings. The zero-order valence-corrected chi connectivity index (χ0v) is 14.2. The molecule has 132 valence electrons. The molecule has 2 atom stereocenters. The summed E-state index contributed by atoms with van der Waals surface area (Å²) in [6.07, 6.45) is 3.95. The Morgan fingerprint density at radius 2 is 2.00 bits per heavy atom. The van der Waals surface area contributed by atoms with E-state index < -0.39 is 6.10 Å². The summed E-state index contributed by atoms with van der Waals surface area (Å²) in [6, 6.07) is 10.5. The van der Waals surface area contributed by atoms with Crippen LogP contribution in [0, 0.1) is 0 Å². The molecule has 1 amide bonds. The van der Waals surface area contributed by atoms with Gasteiger partial charge in [0.1, 0.15) is 0 Å². The Hall–Kier alpha value is -1.43. The van der Waals surface area contributed by atoms with Crippen molar-refractivity contribution >= 4 is 5.91 Å². The smallest absolute Gasteiger partial charge is 0.237 e. The lowest BCUT2D eigenvalue weighted by atomic mass is 10.1. The lowest BCUT2D eigenvalue weighted by Crippen LogP contribution is -2.49. The van der Waals surface area contributed by atoms with Gasteiger partial charge in [-0.2, -0.15) is 0 Å². The topological polar surface area (TPSA) is 61.8 Å². The normalized spacial score (nSPS) is 25.7. The summed E-state index contributed by atoms with van der Waals surface area (Å²) >= 11 is 0. The monoisotopic (exact) mass is 332 g/mol. The fourth-order valence-corrected chi connectivity index (χ4v) is 3.78. The van der Waals surface area contributed by atoms with Crippen LogP contribution in [0.15, 0.2) is 30.3 Å². The van der Waals surface area contributed by atoms with Crippen LogP contribution < -0.4 is 5.32 Å². The fourth-order valence-electron chi connectivity index (χ4n) is 3.78. The number of carbonyl (C=O) groups excluding carboxylic acids is 1. The van der Waals surface area contributed by atoms with Crippen molar-refractivity contribution in [2.24, 2.45) is 0 Å². The molecule has 0 spiro atoms. The molecule has 5 nitrogen and oxygen atoms in total. The van der Waals surface area contributed by atoms with Gasteiger partial charge in [0.2, 0.25) is 5.91 Å². The molecule has 0 aromatic heterocycles. The highest BCUT2D eigenvalue weighted by Crippen LogP contribution is 2.25. The van der Waals surface area contributed by atoms with Gasteiger partial charge in [0.25, 0.3) is 0 Å². The van der Waals surface area contributed by atoms with Crippen molar-refractivity contribution in [2.45, 2.75) is 50.3 Å². The molecule has 1 aromatic carbocycles. The third-order valence-electron chi connectivity index (χ3n) is 5.06. The fraction of sp³-hybridized carbons (Fsp3) is 0.632. The predicted octanol–water partition coefficient (Wildman–Crippen LogP) is 1.35. The van der Waals surface area contributed by atoms with Gasteiger partial charge in [0.05, 0.1) is 12.1 Å². The molecule has 2 fully saturated rings. The maximum atomic E-state index is 12.6. The Morgan fingerprint density at radius 3 is 2.75 bits per heavy atom. The van der Waals surface area contributed by atoms with E-state index in [4.69, 9.17) is 4.74 Å². The van der Waals surface area contributed by atoms with E-state index in [1.807, 2.05) is 18.2 Å². The number of hydrogen-bond acceptors (Lipinski definition) is 4. The lowest BCUT2D eigenvalue weighted by molar-refractivity contribution is -0.126. The van der Waals surface area contributed by atoms with Gasteiger partial charge in [0.15, 0.2) is 0 Å². The number of aliphatic hydroxyl groups is 1. The van der Waals surface area contributed by atoms with E-state index in [1.165, 1.54) is 5.56 Å². The molecule has 0 unspecified atom stereocenters. The highest BCUT2D eigenvalue weighted by molar-refractivity contribution is 5.82. The van der Waals surface area contributed by atoms with E-state index in [2.05, 4.69) is 22.3 Å². The number of aryl methyl sites for hydroxylation is 1. The Kier molecular flexibility index (Phi) is 6.24. The molecule has 0 saturated carbocycles. The number of β-amino-alcohol motifs (C(OH)–C–C–N with tert-alkyl or cyclic N) is 1. The molecule has 2 saturated heterocycles. The standard InChI is InChI=1S/C19H28N2O3/c22-17-13-18(21(14-17)16-8-11-24-12-9-16)19(23)20-10-4-7-15-5-2-1-3-6-15/h1-3,5-6,16-18,22H,4,7-14H2,(H,20,23)/t17-,18+/m1/s1. The number of likely N-dealkylation sites (tertiary alicyclic amines) is 1. The number of hydrogen-bond donors (Lipinski definition) is 2. The predicted molar refractivity (Wildman–Crippen MR) is 92.7 cm³/mol. The first-order chi connectivity index (χ1) is 11.7. The van der Waals surface area contributed by atoms with Gasteiger partial charge in [-0.05, 0) is 37.7 Å². The Bertz CT molecular complexity index is 517. The molecule has 2 aliphatic rings. The summed E-state index contributed by atoms with van der Waals surface area (Å²) in [6.45, 7) is 2.79. The van der Waals surface area contributed by atoms with Gasteiger partial charge in [-0.15, -0.1) is 0 Å². The second kappa shape index (κ2) is 8.60. The van der Waals surface area contributed by atoms with Crippen LogP contribution in [0.4, 0.5) is 0 Å². The van der Waals surface area contributed by atoms with Crippen molar-refractivity contribution in [3.05, 3.63) is 35.9 Å². The van der Waals surface area contributed by atoms with Gasteiger partial charge in [-0.1, -0.05) is 30.3 Å². The largest absolute Gasteiger partial charge is 0.392 e. The molecular formula is C19H28N2O3. The van der Waals surface area contributed by atoms with E-state index in [1.54, 1.807) is 0 Å². The SMILES string of the molecule is O=C(NCCCc1ccccc1)[C@@H]1C[C@@H](O)CN1C1CCOCC1. The highest BCUT2D eigenvalue weighted by Gasteiger charge is 2.39. The molecule has 2 heterocycles. The molecule has 0 radical (unpaired) electrons. The van der Waals surface area contributed by atoms with Gasteiger partial charge >= 0.3 is 0 Å². The molecule has 0 aliphatic carbocycles. The molecule has 0 bridgehead atoms. The summed E-state index contributed by atoms with van der Waals surface area (Å²) in [7, 11) is 0. The zero-order valence-electron chi connectivity index (χ0n) is 14.2. The van der Waals surface area contributed by atoms with Crippen LogP contribution >= 0.6 is 0 Å². The third kappa shape index (κ3) is 4.56. The van der Waals surface area contributed by atoms with Crippen LogP contribution in [-0.2, 0) is 16.0 Å². The van der Waals surface area contributed by atoms with Crippen LogP contribution in [0.5, 0.6) is 0 Å². The summed E-state index contributed by atoms with van der Waals surface area (Å²) < 4.78 is 5.41. The van der Waals surface area contributed by atoms with Crippen molar-refractivity contribution in [3.63, 3.8) is 0 Å². The first-order valence-corrected chi connectivity index (χ1v) is 9.07. The van der Waals surface area contributed by atoms with Crippen molar-refractivity contribution in [1.82, 2.24) is 10.2 Å². The number of rotatable bonds is 6. The number of nitrogens with zero attached hydrogens (tertiary/aromatic N) is 1. The van der Waals surface area contributed by atoms with Crippen molar-refractivity contribution < 1.29 is 14.6 Å². The van der Waals surface area contributed by atoms with E-state index in [9.17, 15) is 9.90 Å². The van der Waals surface area contributed by atoms with Crippen molar-refractivity contribution in [1.29, 1.82) is 0 Å². The summed E-state index contributed by atoms with van der Waals surface area (Å²) in [5, 5.41) is 13.1. The highest BCUT2D eigenvalue weighted by atomic mass is 16.5. The maximum absolute atomic E-state index is 12.6. The average Bonchev–Trinajstić information content (AvgIpc) is 3.02. The number of carbonyl (C=O) groups is 1. The van der Waals surface area contributed by atoms with Gasteiger partial charge in [0, 0.05) is 32.3 Å². The van der Waals surface area contributed by atoms with E-state index in [0.29, 0.717) is 25.6 Å². The first-order valence-electron chi connectivity index (χ1n) is 9.07. The summed E-state index contributed by atoms with van der Waals surface area (Å²) in [4.78, 5) is 14.8. The maximum Gasteiger partial charge on any atom is 0.237 e. The van der Waals surface area contributed by atoms with Gasteiger partial charge < -0.3 is 15.2 Å². The number of aliphatic hydroxyl groups excluding tert-OH is 1. The molecule has 2 N–H and O–H groups in total. The Labute approximate surface area is 144 Å². The molecular weight excluding hydrogens is 304 g/mol. The van der Waals surface area contributed by atoms with Crippen LogP contribution in [0.3, 0.4) is 0 Å². The second-order valence-electron chi connectivity index (χ2n) is 6.83. The van der Waals surface area contributed by atoms with Crippen molar-refractivity contribution in [2.75, 3.05) is 26.3 Å².